The molecule has 0 radical (unpaired) electrons. The molecule has 1 unspecified atom stereocenters. The van der Waals surface area contributed by atoms with Gasteiger partial charge in [0.15, 0.2) is 16.7 Å². The Morgan fingerprint density at radius 2 is 1.62 bits per heavy atom. The SMILES string of the molecule is COc1cc(C(C)(C)c2cnc(SCc3c(F)cc(S(=O)(=O)N(C)C(CCCN(C)C)C(=O)O)cc3F)n2-c2ccc(F)cc2)cc(F)c1F. The van der Waals surface area contributed by atoms with Crippen molar-refractivity contribution < 1.29 is 45.0 Å². The molecule has 0 amide bonds. The van der Waals surface area contributed by atoms with Crippen molar-refractivity contribution in [3.63, 3.8) is 0 Å². The standard InChI is InChI=1S/C34H37F5N4O5S2/c1-34(2,20-14-27(38)31(39)29(15-20)48-6)30-18-40-33(43(30)22-11-9-21(35)10-12-22)49-19-24-25(36)16-23(17-26(24)37)50(46,47)42(5)28(32(44)45)8-7-13-41(3)4/h9-12,14-18,28H,7-8,13,19H2,1-6H3,(H,44,45). The lowest BCUT2D eigenvalue weighted by Gasteiger charge is -2.28. The number of hydrogen-bond donors (Lipinski definition) is 1. The van der Waals surface area contributed by atoms with Gasteiger partial charge in [0, 0.05) is 29.5 Å². The zero-order valence-electron chi connectivity index (χ0n) is 28.2. The van der Waals surface area contributed by atoms with Crippen LogP contribution in [0.2, 0.25) is 0 Å². The minimum atomic E-state index is -4.61. The summed E-state index contributed by atoms with van der Waals surface area (Å²) in [5, 5.41) is 9.90. The van der Waals surface area contributed by atoms with E-state index in [1.165, 1.54) is 43.6 Å². The van der Waals surface area contributed by atoms with Crippen LogP contribution in [0, 0.1) is 29.1 Å². The third kappa shape index (κ3) is 8.14. The number of benzene rings is 3. The summed E-state index contributed by atoms with van der Waals surface area (Å²) >= 11 is 0.891. The molecule has 9 nitrogen and oxygen atoms in total. The van der Waals surface area contributed by atoms with Crippen molar-refractivity contribution in [2.75, 3.05) is 34.8 Å². The van der Waals surface area contributed by atoms with E-state index < -0.39 is 67.0 Å². The largest absolute Gasteiger partial charge is 0.494 e. The lowest BCUT2D eigenvalue weighted by Crippen LogP contribution is -2.42. The molecule has 0 saturated heterocycles. The lowest BCUT2D eigenvalue weighted by atomic mass is 9.81. The molecule has 1 heterocycles. The third-order valence-corrected chi connectivity index (χ3v) is 11.2. The van der Waals surface area contributed by atoms with Crippen molar-refractivity contribution >= 4 is 27.8 Å². The maximum atomic E-state index is 15.5. The number of rotatable bonds is 15. The van der Waals surface area contributed by atoms with E-state index in [0.717, 1.165) is 24.9 Å². The Morgan fingerprint density at radius 3 is 2.18 bits per heavy atom. The van der Waals surface area contributed by atoms with Crippen molar-refractivity contribution in [1.82, 2.24) is 18.8 Å². The molecule has 0 bridgehead atoms. The number of likely N-dealkylation sites (N-methyl/N-ethyl adjacent to an activating group) is 1. The summed E-state index contributed by atoms with van der Waals surface area (Å²) in [7, 11) is 1.20. The number of carbonyl (C=O) groups is 1. The maximum absolute atomic E-state index is 15.5. The second kappa shape index (κ2) is 15.5. The van der Waals surface area contributed by atoms with Gasteiger partial charge in [0.25, 0.3) is 0 Å². The molecule has 4 rings (SSSR count). The van der Waals surface area contributed by atoms with Gasteiger partial charge in [0.05, 0.1) is 23.9 Å². The fourth-order valence-electron chi connectivity index (χ4n) is 5.34. The van der Waals surface area contributed by atoms with Crippen molar-refractivity contribution in [2.45, 2.75) is 54.0 Å². The van der Waals surface area contributed by atoms with Crippen LogP contribution in [0.5, 0.6) is 5.75 Å². The summed E-state index contributed by atoms with van der Waals surface area (Å²) in [6.07, 6.45) is 1.80. The monoisotopic (exact) mass is 740 g/mol. The van der Waals surface area contributed by atoms with E-state index in [9.17, 15) is 31.5 Å². The van der Waals surface area contributed by atoms with Gasteiger partial charge >= 0.3 is 5.97 Å². The number of carboxylic acid groups (broad SMARTS) is 1. The summed E-state index contributed by atoms with van der Waals surface area (Å²) in [6, 6.07) is 7.49. The van der Waals surface area contributed by atoms with Crippen molar-refractivity contribution in [3.8, 4) is 11.4 Å². The zero-order chi connectivity index (χ0) is 37.1. The highest BCUT2D eigenvalue weighted by Gasteiger charge is 2.35. The first-order valence-corrected chi connectivity index (χ1v) is 17.7. The fourth-order valence-corrected chi connectivity index (χ4v) is 7.71. The van der Waals surface area contributed by atoms with Crippen LogP contribution in [0.3, 0.4) is 0 Å². The van der Waals surface area contributed by atoms with Gasteiger partial charge in [-0.1, -0.05) is 25.6 Å². The van der Waals surface area contributed by atoms with Gasteiger partial charge in [-0.15, -0.1) is 0 Å². The van der Waals surface area contributed by atoms with E-state index in [-0.39, 0.29) is 23.1 Å². The molecule has 3 aromatic carbocycles. The predicted molar refractivity (Wildman–Crippen MR) is 179 cm³/mol. The summed E-state index contributed by atoms with van der Waals surface area (Å²) in [6.45, 7) is 3.94. The van der Waals surface area contributed by atoms with Crippen LogP contribution < -0.4 is 4.74 Å². The minimum absolute atomic E-state index is 0.0218. The zero-order valence-corrected chi connectivity index (χ0v) is 29.8. The van der Waals surface area contributed by atoms with E-state index >= 15 is 8.78 Å². The van der Waals surface area contributed by atoms with Crippen LogP contribution >= 0.6 is 11.8 Å². The van der Waals surface area contributed by atoms with Gasteiger partial charge in [0.2, 0.25) is 15.8 Å². The summed E-state index contributed by atoms with van der Waals surface area (Å²) < 4.78 is 108. The molecule has 1 atom stereocenters. The Hall–Kier alpha value is -3.99. The van der Waals surface area contributed by atoms with E-state index in [1.807, 2.05) is 4.90 Å². The number of sulfonamides is 1. The quantitative estimate of drug-likeness (QED) is 0.107. The molecule has 0 saturated carbocycles. The van der Waals surface area contributed by atoms with Gasteiger partial charge in [-0.3, -0.25) is 9.36 Å². The Balaban J connectivity index is 1.69. The lowest BCUT2D eigenvalue weighted by molar-refractivity contribution is -0.141. The summed E-state index contributed by atoms with van der Waals surface area (Å²) in [5.41, 5.74) is -0.385. The number of hydrogen-bond acceptors (Lipinski definition) is 7. The van der Waals surface area contributed by atoms with Gasteiger partial charge in [-0.2, -0.15) is 8.70 Å². The Morgan fingerprint density at radius 1 is 1.00 bits per heavy atom. The van der Waals surface area contributed by atoms with E-state index in [0.29, 0.717) is 46.3 Å². The molecule has 1 aromatic heterocycles. The summed E-state index contributed by atoms with van der Waals surface area (Å²) in [5.74, 6) is -7.27. The van der Waals surface area contributed by atoms with Crippen molar-refractivity contribution in [3.05, 3.63) is 101 Å². The second-order valence-electron chi connectivity index (χ2n) is 12.3. The highest BCUT2D eigenvalue weighted by Crippen LogP contribution is 2.39. The smallest absolute Gasteiger partial charge is 0.322 e. The number of carboxylic acids is 1. The number of aliphatic carboxylic acids is 1. The normalized spacial score (nSPS) is 12.9. The van der Waals surface area contributed by atoms with Crippen LogP contribution in [0.1, 0.15) is 43.5 Å². The van der Waals surface area contributed by atoms with E-state index in [2.05, 4.69) is 4.98 Å². The van der Waals surface area contributed by atoms with Crippen molar-refractivity contribution in [1.29, 1.82) is 0 Å². The van der Waals surface area contributed by atoms with Gasteiger partial charge < -0.3 is 14.7 Å². The number of imidazole rings is 1. The molecule has 0 fully saturated rings. The number of ether oxygens (including phenoxy) is 1. The fraction of sp³-hybridized carbons (Fsp3) is 0.353. The second-order valence-corrected chi connectivity index (χ2v) is 15.3. The van der Waals surface area contributed by atoms with E-state index in [4.69, 9.17) is 4.74 Å². The van der Waals surface area contributed by atoms with Gasteiger partial charge in [-0.25, -0.2) is 31.0 Å². The molecule has 0 aliphatic rings. The molecule has 50 heavy (non-hydrogen) atoms. The molecule has 0 aliphatic carbocycles. The molecule has 0 aliphatic heterocycles. The first-order valence-electron chi connectivity index (χ1n) is 15.2. The van der Waals surface area contributed by atoms with Gasteiger partial charge in [0.1, 0.15) is 23.5 Å². The van der Waals surface area contributed by atoms with Crippen LogP contribution in [0.4, 0.5) is 22.0 Å². The number of aromatic nitrogens is 2. The van der Waals surface area contributed by atoms with Crippen molar-refractivity contribution in [2.24, 2.45) is 0 Å². The highest BCUT2D eigenvalue weighted by molar-refractivity contribution is 7.98. The van der Waals surface area contributed by atoms with Gasteiger partial charge in [-0.05, 0) is 87.6 Å². The van der Waals surface area contributed by atoms with Crippen LogP contribution in [0.15, 0.2) is 64.8 Å². The molecule has 0 spiro atoms. The topological polar surface area (TPSA) is 105 Å². The Labute approximate surface area is 291 Å². The highest BCUT2D eigenvalue weighted by atomic mass is 32.2. The Bertz CT molecular complexity index is 1950. The molecule has 4 aromatic rings. The third-order valence-electron chi connectivity index (χ3n) is 8.34. The molecule has 1 N–H and O–H groups in total. The van der Waals surface area contributed by atoms with Crippen LogP contribution in [0.25, 0.3) is 5.69 Å². The maximum Gasteiger partial charge on any atom is 0.322 e. The van der Waals surface area contributed by atoms with Crippen LogP contribution in [-0.2, 0) is 26.0 Å². The summed E-state index contributed by atoms with van der Waals surface area (Å²) in [4.78, 5) is 17.4. The molecular weight excluding hydrogens is 704 g/mol. The molecule has 16 heteroatoms. The first-order chi connectivity index (χ1) is 23.4. The average molecular weight is 741 g/mol. The number of nitrogens with zero attached hydrogens (tertiary/aromatic N) is 4. The minimum Gasteiger partial charge on any atom is -0.494 e. The Kier molecular flexibility index (Phi) is 12.0. The molecule has 270 valence electrons. The van der Waals surface area contributed by atoms with Crippen LogP contribution in [-0.4, -0.2) is 79.1 Å². The van der Waals surface area contributed by atoms with E-state index in [1.54, 1.807) is 32.5 Å². The number of methoxy groups -OCH3 is 1. The predicted octanol–water partition coefficient (Wildman–Crippen LogP) is 6.61. The average Bonchev–Trinajstić information content (AvgIpc) is 3.48. The number of thioether (sulfide) groups is 1. The molecular formula is C34H37F5N4O5S2. The first kappa shape index (κ1) is 38.8. The number of halogens is 5.